The molecular weight excluding hydrogens is 550 g/mol. The van der Waals surface area contributed by atoms with Crippen LogP contribution in [0.1, 0.15) is 11.1 Å². The Labute approximate surface area is 236 Å². The van der Waals surface area contributed by atoms with Crippen molar-refractivity contribution in [2.75, 3.05) is 20.3 Å². The van der Waals surface area contributed by atoms with Crippen molar-refractivity contribution in [3.63, 3.8) is 0 Å². The maximum atomic E-state index is 13.2. The molecule has 10 heteroatoms. The Morgan fingerprint density at radius 1 is 0.900 bits per heavy atom. The van der Waals surface area contributed by atoms with Gasteiger partial charge in [-0.05, 0) is 66.0 Å². The van der Waals surface area contributed by atoms with Crippen LogP contribution in [-0.2, 0) is 14.9 Å². The predicted molar refractivity (Wildman–Crippen MR) is 154 cm³/mol. The molecule has 2 amide bonds. The Morgan fingerprint density at radius 2 is 1.65 bits per heavy atom. The van der Waals surface area contributed by atoms with Gasteiger partial charge >= 0.3 is 10.1 Å². The van der Waals surface area contributed by atoms with Crippen LogP contribution in [0.4, 0.5) is 4.79 Å². The minimum Gasteiger partial charge on any atom is -0.493 e. The van der Waals surface area contributed by atoms with E-state index in [9.17, 15) is 18.0 Å². The molecule has 1 heterocycles. The summed E-state index contributed by atoms with van der Waals surface area (Å²) in [4.78, 5) is 26.8. The van der Waals surface area contributed by atoms with Crippen molar-refractivity contribution in [1.82, 2.24) is 4.90 Å². The molecule has 0 radical (unpaired) electrons. The summed E-state index contributed by atoms with van der Waals surface area (Å²) in [6, 6.07) is 24.2. The van der Waals surface area contributed by atoms with E-state index in [1.54, 1.807) is 36.4 Å². The molecule has 0 spiro atoms. The van der Waals surface area contributed by atoms with Crippen LogP contribution >= 0.6 is 11.8 Å². The van der Waals surface area contributed by atoms with E-state index in [1.807, 2.05) is 49.4 Å². The van der Waals surface area contributed by atoms with Crippen molar-refractivity contribution in [3.8, 4) is 17.2 Å². The summed E-state index contributed by atoms with van der Waals surface area (Å²) < 4.78 is 42.8. The van der Waals surface area contributed by atoms with Gasteiger partial charge in [0.15, 0.2) is 11.5 Å². The summed E-state index contributed by atoms with van der Waals surface area (Å²) in [5.74, 6) is 0.377. The van der Waals surface area contributed by atoms with Crippen LogP contribution in [0.25, 0.3) is 16.8 Å². The van der Waals surface area contributed by atoms with Gasteiger partial charge in [0.2, 0.25) is 0 Å². The average Bonchev–Trinajstić information content (AvgIpc) is 3.21. The standard InChI is InChI=1S/C30H25NO7S2/c1-20-10-13-23(14-11-20)37-17-16-31-29(32)27(39-30(31)33)19-21-12-15-25(26(18-21)36-2)38-40(34,35)28-9-5-7-22-6-3-4-8-24(22)28/h3-15,18-19H,16-17H2,1-2H3/b27-19-. The maximum absolute atomic E-state index is 13.2. The Bertz CT molecular complexity index is 1730. The number of methoxy groups -OCH3 is 1. The fraction of sp³-hybridized carbons (Fsp3) is 0.133. The number of hydrogen-bond donors (Lipinski definition) is 0. The van der Waals surface area contributed by atoms with E-state index in [2.05, 4.69) is 0 Å². The lowest BCUT2D eigenvalue weighted by Crippen LogP contribution is -2.32. The highest BCUT2D eigenvalue weighted by Gasteiger charge is 2.35. The third kappa shape index (κ3) is 5.83. The van der Waals surface area contributed by atoms with E-state index >= 15 is 0 Å². The van der Waals surface area contributed by atoms with Gasteiger partial charge in [-0.1, -0.05) is 60.2 Å². The lowest BCUT2D eigenvalue weighted by atomic mass is 10.1. The molecule has 0 N–H and O–H groups in total. The molecule has 8 nitrogen and oxygen atoms in total. The Balaban J connectivity index is 1.30. The molecule has 0 aromatic heterocycles. The van der Waals surface area contributed by atoms with E-state index in [0.29, 0.717) is 16.7 Å². The number of hydrogen-bond acceptors (Lipinski definition) is 8. The lowest BCUT2D eigenvalue weighted by molar-refractivity contribution is -0.123. The van der Waals surface area contributed by atoms with E-state index < -0.39 is 21.3 Å². The summed E-state index contributed by atoms with van der Waals surface area (Å²) in [6.45, 7) is 2.25. The molecule has 0 saturated carbocycles. The van der Waals surface area contributed by atoms with Crippen molar-refractivity contribution < 1.29 is 31.7 Å². The second kappa shape index (κ2) is 11.4. The van der Waals surface area contributed by atoms with Gasteiger partial charge in [0.05, 0.1) is 18.6 Å². The zero-order valence-electron chi connectivity index (χ0n) is 21.7. The summed E-state index contributed by atoms with van der Waals surface area (Å²) in [6.07, 6.45) is 1.55. The molecule has 1 aliphatic rings. The molecule has 0 unspecified atom stereocenters. The first kappa shape index (κ1) is 27.3. The highest BCUT2D eigenvalue weighted by molar-refractivity contribution is 8.18. The molecule has 1 aliphatic heterocycles. The minimum atomic E-state index is -4.18. The predicted octanol–water partition coefficient (Wildman–Crippen LogP) is 6.04. The van der Waals surface area contributed by atoms with E-state index in [-0.39, 0.29) is 34.5 Å². The number of carbonyl (C=O) groups excluding carboxylic acids is 2. The maximum Gasteiger partial charge on any atom is 0.339 e. The molecule has 1 fully saturated rings. The first-order valence-electron chi connectivity index (χ1n) is 12.3. The normalized spacial score (nSPS) is 14.7. The Hall–Kier alpha value is -4.28. The lowest BCUT2D eigenvalue weighted by Gasteiger charge is -2.13. The molecule has 40 heavy (non-hydrogen) atoms. The number of rotatable bonds is 9. The molecular formula is C30H25NO7S2. The summed E-state index contributed by atoms with van der Waals surface area (Å²) in [7, 11) is -2.79. The molecule has 0 atom stereocenters. The largest absolute Gasteiger partial charge is 0.493 e. The topological polar surface area (TPSA) is 99.2 Å². The SMILES string of the molecule is COc1cc(/C=C2\SC(=O)N(CCOc3ccc(C)cc3)C2=O)ccc1OS(=O)(=O)c1cccc2ccccc12. The second-order valence-electron chi connectivity index (χ2n) is 8.92. The number of nitrogens with zero attached hydrogens (tertiary/aromatic N) is 1. The van der Waals surface area contributed by atoms with Gasteiger partial charge in [-0.2, -0.15) is 8.42 Å². The van der Waals surface area contributed by atoms with E-state index in [4.69, 9.17) is 13.7 Å². The van der Waals surface area contributed by atoms with Crippen LogP contribution in [0, 0.1) is 6.92 Å². The summed E-state index contributed by atoms with van der Waals surface area (Å²) >= 11 is 0.826. The van der Waals surface area contributed by atoms with Crippen LogP contribution in [0.2, 0.25) is 0 Å². The van der Waals surface area contributed by atoms with Crippen molar-refractivity contribution in [3.05, 3.63) is 101 Å². The average molecular weight is 576 g/mol. The smallest absolute Gasteiger partial charge is 0.339 e. The number of thioether (sulfide) groups is 1. The zero-order valence-corrected chi connectivity index (χ0v) is 23.3. The molecule has 0 aliphatic carbocycles. The van der Waals surface area contributed by atoms with Gasteiger partial charge in [0.1, 0.15) is 17.3 Å². The van der Waals surface area contributed by atoms with Gasteiger partial charge in [-0.25, -0.2) is 0 Å². The van der Waals surface area contributed by atoms with E-state index in [1.165, 1.54) is 19.2 Å². The quantitative estimate of drug-likeness (QED) is 0.176. The van der Waals surface area contributed by atoms with Crippen molar-refractivity contribution >= 4 is 49.9 Å². The van der Waals surface area contributed by atoms with Gasteiger partial charge in [-0.3, -0.25) is 14.5 Å². The van der Waals surface area contributed by atoms with Crippen LogP contribution in [0.5, 0.6) is 17.2 Å². The summed E-state index contributed by atoms with van der Waals surface area (Å²) in [5, 5.41) is 0.919. The minimum absolute atomic E-state index is 0.00561. The molecule has 4 aromatic carbocycles. The van der Waals surface area contributed by atoms with Crippen molar-refractivity contribution in [2.24, 2.45) is 0 Å². The molecule has 0 bridgehead atoms. The third-order valence-corrected chi connectivity index (χ3v) is 8.38. The van der Waals surface area contributed by atoms with Gasteiger partial charge in [0.25, 0.3) is 11.1 Å². The summed E-state index contributed by atoms with van der Waals surface area (Å²) in [5.41, 5.74) is 1.64. The monoisotopic (exact) mass is 575 g/mol. The number of amides is 2. The number of fused-ring (bicyclic) bond motifs is 1. The first-order chi connectivity index (χ1) is 19.2. The van der Waals surface area contributed by atoms with Gasteiger partial charge in [0, 0.05) is 5.39 Å². The van der Waals surface area contributed by atoms with Crippen LogP contribution in [0.3, 0.4) is 0 Å². The Kier molecular flexibility index (Phi) is 7.81. The molecule has 5 rings (SSSR count). The number of benzene rings is 4. The van der Waals surface area contributed by atoms with Gasteiger partial charge < -0.3 is 13.7 Å². The van der Waals surface area contributed by atoms with Crippen LogP contribution in [-0.4, -0.2) is 44.7 Å². The number of carbonyl (C=O) groups is 2. The van der Waals surface area contributed by atoms with Crippen molar-refractivity contribution in [2.45, 2.75) is 11.8 Å². The highest BCUT2D eigenvalue weighted by atomic mass is 32.2. The molecule has 1 saturated heterocycles. The first-order valence-corrected chi connectivity index (χ1v) is 14.5. The third-order valence-electron chi connectivity index (χ3n) is 6.18. The fourth-order valence-electron chi connectivity index (χ4n) is 4.15. The van der Waals surface area contributed by atoms with Crippen LogP contribution < -0.4 is 13.7 Å². The van der Waals surface area contributed by atoms with Crippen LogP contribution in [0.15, 0.2) is 94.7 Å². The highest BCUT2D eigenvalue weighted by Crippen LogP contribution is 2.36. The number of imide groups is 1. The van der Waals surface area contributed by atoms with Gasteiger partial charge in [-0.15, -0.1) is 0 Å². The van der Waals surface area contributed by atoms with E-state index in [0.717, 1.165) is 27.6 Å². The number of aryl methyl sites for hydroxylation is 1. The second-order valence-corrected chi connectivity index (χ2v) is 11.4. The van der Waals surface area contributed by atoms with Crippen molar-refractivity contribution in [1.29, 1.82) is 0 Å². The zero-order chi connectivity index (χ0) is 28.3. The Morgan fingerprint density at radius 3 is 2.42 bits per heavy atom. The molecule has 4 aromatic rings. The molecule has 204 valence electrons. The number of ether oxygens (including phenoxy) is 2. The fourth-order valence-corrected chi connectivity index (χ4v) is 6.18.